The van der Waals surface area contributed by atoms with E-state index >= 15 is 0 Å². The molecule has 1 aliphatic rings. The van der Waals surface area contributed by atoms with Gasteiger partial charge in [0.1, 0.15) is 0 Å². The van der Waals surface area contributed by atoms with E-state index in [1.807, 2.05) is 25.1 Å². The van der Waals surface area contributed by atoms with Gasteiger partial charge in [-0.25, -0.2) is 8.78 Å². The Morgan fingerprint density at radius 1 is 1.33 bits per heavy atom. The summed E-state index contributed by atoms with van der Waals surface area (Å²) in [4.78, 5) is 12.2. The minimum atomic E-state index is -2.57. The molecule has 18 heavy (non-hydrogen) atoms. The Kier molecular flexibility index (Phi) is 3.79. The third kappa shape index (κ3) is 2.95. The molecule has 1 nitrogen and oxygen atoms in total. The smallest absolute Gasteiger partial charge is 0.248 e. The number of hydrogen-bond acceptors (Lipinski definition) is 1. The molecule has 0 atom stereocenters. The lowest BCUT2D eigenvalue weighted by Gasteiger charge is -2.27. The van der Waals surface area contributed by atoms with Crippen LogP contribution in [0.2, 0.25) is 0 Å². The van der Waals surface area contributed by atoms with Crippen molar-refractivity contribution in [3.05, 3.63) is 35.4 Å². The van der Waals surface area contributed by atoms with Gasteiger partial charge in [0.2, 0.25) is 5.92 Å². The van der Waals surface area contributed by atoms with E-state index in [0.717, 1.165) is 12.0 Å². The van der Waals surface area contributed by atoms with Crippen molar-refractivity contribution in [1.29, 1.82) is 0 Å². The molecule has 0 saturated heterocycles. The summed E-state index contributed by atoms with van der Waals surface area (Å²) in [5, 5.41) is 0. The number of rotatable bonds is 3. The monoisotopic (exact) mass is 252 g/mol. The molecule has 0 unspecified atom stereocenters. The first kappa shape index (κ1) is 13.2. The maximum Gasteiger partial charge on any atom is 0.248 e. The highest BCUT2D eigenvalue weighted by Crippen LogP contribution is 2.37. The summed E-state index contributed by atoms with van der Waals surface area (Å²) in [5.74, 6) is -2.76. The number of ketones is 1. The van der Waals surface area contributed by atoms with Crippen molar-refractivity contribution >= 4 is 5.78 Å². The van der Waals surface area contributed by atoms with Gasteiger partial charge in [0.05, 0.1) is 0 Å². The SMILES string of the molecule is CCc1cccc(C(=O)C2CCC(F)(F)CC2)c1. The Morgan fingerprint density at radius 3 is 2.61 bits per heavy atom. The molecule has 1 fully saturated rings. The highest BCUT2D eigenvalue weighted by atomic mass is 19.3. The van der Waals surface area contributed by atoms with Gasteiger partial charge in [-0.1, -0.05) is 25.1 Å². The van der Waals surface area contributed by atoms with E-state index < -0.39 is 5.92 Å². The van der Waals surface area contributed by atoms with Gasteiger partial charge in [-0.2, -0.15) is 0 Å². The third-order valence-corrected chi connectivity index (χ3v) is 3.71. The number of alkyl halides is 2. The summed E-state index contributed by atoms with van der Waals surface area (Å²) in [7, 11) is 0. The Balaban J connectivity index is 2.07. The molecule has 1 aliphatic carbocycles. The number of halogens is 2. The number of carbonyl (C=O) groups excluding carboxylic acids is 1. The van der Waals surface area contributed by atoms with Crippen molar-refractivity contribution in [1.82, 2.24) is 0 Å². The maximum atomic E-state index is 13.1. The van der Waals surface area contributed by atoms with Crippen molar-refractivity contribution < 1.29 is 13.6 Å². The average molecular weight is 252 g/mol. The first-order chi connectivity index (χ1) is 8.52. The van der Waals surface area contributed by atoms with Crippen LogP contribution in [0.5, 0.6) is 0 Å². The molecule has 0 N–H and O–H groups in total. The van der Waals surface area contributed by atoms with Crippen LogP contribution < -0.4 is 0 Å². The van der Waals surface area contributed by atoms with Gasteiger partial charge in [-0.05, 0) is 30.9 Å². The molecular formula is C15H18F2O. The largest absolute Gasteiger partial charge is 0.294 e. The molecule has 0 aromatic heterocycles. The van der Waals surface area contributed by atoms with Crippen LogP contribution in [0, 0.1) is 5.92 Å². The molecule has 0 bridgehead atoms. The van der Waals surface area contributed by atoms with Crippen LogP contribution in [-0.4, -0.2) is 11.7 Å². The molecule has 0 amide bonds. The second-order valence-corrected chi connectivity index (χ2v) is 5.05. The second kappa shape index (κ2) is 5.17. The minimum Gasteiger partial charge on any atom is -0.294 e. The Morgan fingerprint density at radius 2 is 2.00 bits per heavy atom. The van der Waals surface area contributed by atoms with Crippen molar-refractivity contribution in [2.24, 2.45) is 5.92 Å². The molecule has 2 rings (SSSR count). The third-order valence-electron chi connectivity index (χ3n) is 3.71. The van der Waals surface area contributed by atoms with Crippen LogP contribution in [0.1, 0.15) is 48.5 Å². The second-order valence-electron chi connectivity index (χ2n) is 5.05. The van der Waals surface area contributed by atoms with Crippen LogP contribution in [-0.2, 0) is 6.42 Å². The summed E-state index contributed by atoms with van der Waals surface area (Å²) in [6, 6.07) is 7.51. The lowest BCUT2D eigenvalue weighted by Crippen LogP contribution is -2.28. The fourth-order valence-corrected chi connectivity index (χ4v) is 2.48. The first-order valence-electron chi connectivity index (χ1n) is 6.53. The summed E-state index contributed by atoms with van der Waals surface area (Å²) in [5.41, 5.74) is 1.78. The zero-order chi connectivity index (χ0) is 13.2. The Bertz CT molecular complexity index is 430. The van der Waals surface area contributed by atoms with E-state index in [-0.39, 0.29) is 24.5 Å². The zero-order valence-corrected chi connectivity index (χ0v) is 10.6. The Hall–Kier alpha value is -1.25. The predicted molar refractivity (Wildman–Crippen MR) is 67.1 cm³/mol. The normalized spacial score (nSPS) is 19.7. The highest BCUT2D eigenvalue weighted by Gasteiger charge is 2.37. The van der Waals surface area contributed by atoms with Gasteiger partial charge in [0.25, 0.3) is 0 Å². The minimum absolute atomic E-state index is 0.0285. The molecule has 0 heterocycles. The molecule has 98 valence electrons. The lowest BCUT2D eigenvalue weighted by atomic mass is 9.82. The van der Waals surface area contributed by atoms with Gasteiger partial charge in [-0.15, -0.1) is 0 Å². The summed E-state index contributed by atoms with van der Waals surface area (Å²) in [6.07, 6.45) is 1.18. The van der Waals surface area contributed by atoms with Gasteiger partial charge in [-0.3, -0.25) is 4.79 Å². The lowest BCUT2D eigenvalue weighted by molar-refractivity contribution is -0.0424. The fraction of sp³-hybridized carbons (Fsp3) is 0.533. The zero-order valence-electron chi connectivity index (χ0n) is 10.6. The number of benzene rings is 1. The summed E-state index contributed by atoms with van der Waals surface area (Å²) < 4.78 is 26.1. The van der Waals surface area contributed by atoms with E-state index in [0.29, 0.717) is 18.4 Å². The van der Waals surface area contributed by atoms with E-state index in [1.165, 1.54) is 0 Å². The molecule has 1 aromatic rings. The molecule has 0 radical (unpaired) electrons. The molecule has 0 spiro atoms. The summed E-state index contributed by atoms with van der Waals surface area (Å²) in [6.45, 7) is 2.03. The van der Waals surface area contributed by atoms with Crippen molar-refractivity contribution in [3.8, 4) is 0 Å². The van der Waals surface area contributed by atoms with Crippen molar-refractivity contribution in [2.45, 2.75) is 45.0 Å². The van der Waals surface area contributed by atoms with Gasteiger partial charge >= 0.3 is 0 Å². The molecule has 1 aromatic carbocycles. The van der Waals surface area contributed by atoms with E-state index in [4.69, 9.17) is 0 Å². The van der Waals surface area contributed by atoms with Gasteiger partial charge in [0, 0.05) is 24.3 Å². The van der Waals surface area contributed by atoms with E-state index in [9.17, 15) is 13.6 Å². The number of hydrogen-bond donors (Lipinski definition) is 0. The number of carbonyl (C=O) groups is 1. The quantitative estimate of drug-likeness (QED) is 0.735. The molecule has 3 heteroatoms. The first-order valence-corrected chi connectivity index (χ1v) is 6.53. The average Bonchev–Trinajstić information content (AvgIpc) is 2.38. The van der Waals surface area contributed by atoms with Crippen molar-refractivity contribution in [2.75, 3.05) is 0 Å². The Labute approximate surface area is 106 Å². The van der Waals surface area contributed by atoms with Crippen LogP contribution in [0.4, 0.5) is 8.78 Å². The van der Waals surface area contributed by atoms with E-state index in [1.54, 1.807) is 6.07 Å². The van der Waals surface area contributed by atoms with Gasteiger partial charge in [0.15, 0.2) is 5.78 Å². The van der Waals surface area contributed by atoms with Gasteiger partial charge < -0.3 is 0 Å². The van der Waals surface area contributed by atoms with Crippen LogP contribution in [0.25, 0.3) is 0 Å². The summed E-state index contributed by atoms with van der Waals surface area (Å²) >= 11 is 0. The number of Topliss-reactive ketones (excluding diaryl/α,β-unsaturated/α-hetero) is 1. The van der Waals surface area contributed by atoms with E-state index in [2.05, 4.69) is 0 Å². The van der Waals surface area contributed by atoms with Crippen LogP contribution in [0.3, 0.4) is 0 Å². The predicted octanol–water partition coefficient (Wildman–Crippen LogP) is 4.26. The fourth-order valence-electron chi connectivity index (χ4n) is 2.48. The number of aryl methyl sites for hydroxylation is 1. The molecule has 1 saturated carbocycles. The standard InChI is InChI=1S/C15H18F2O/c1-2-11-4-3-5-13(10-11)14(18)12-6-8-15(16,17)9-7-12/h3-5,10,12H,2,6-9H2,1H3. The highest BCUT2D eigenvalue weighted by molar-refractivity contribution is 5.98. The topological polar surface area (TPSA) is 17.1 Å². The van der Waals surface area contributed by atoms with Crippen LogP contribution >= 0.6 is 0 Å². The molecular weight excluding hydrogens is 234 g/mol. The van der Waals surface area contributed by atoms with Crippen molar-refractivity contribution in [3.63, 3.8) is 0 Å². The maximum absolute atomic E-state index is 13.1. The van der Waals surface area contributed by atoms with Crippen LogP contribution in [0.15, 0.2) is 24.3 Å². The molecule has 0 aliphatic heterocycles.